The number of benzene rings is 1. The van der Waals surface area contributed by atoms with Crippen LogP contribution in [-0.4, -0.2) is 22.2 Å². The van der Waals surface area contributed by atoms with Gasteiger partial charge in [-0.2, -0.15) is 5.26 Å². The first-order valence-electron chi connectivity index (χ1n) is 8.42. The molecule has 0 radical (unpaired) electrons. The second kappa shape index (κ2) is 8.56. The van der Waals surface area contributed by atoms with Gasteiger partial charge in [-0.3, -0.25) is 9.36 Å². The van der Waals surface area contributed by atoms with E-state index in [0.717, 1.165) is 17.0 Å². The molecule has 0 bridgehead atoms. The van der Waals surface area contributed by atoms with Gasteiger partial charge < -0.3 is 15.2 Å². The number of phenolic OH excluding ortho intramolecular Hbond substituents is 1. The van der Waals surface area contributed by atoms with Gasteiger partial charge in [0.1, 0.15) is 21.0 Å². The summed E-state index contributed by atoms with van der Waals surface area (Å²) in [6.45, 7) is 7.45. The van der Waals surface area contributed by atoms with E-state index >= 15 is 0 Å². The Morgan fingerprint density at radius 3 is 2.52 bits per heavy atom. The second-order valence-electron chi connectivity index (χ2n) is 5.78. The average molecular weight is 387 g/mol. The van der Waals surface area contributed by atoms with E-state index in [0.29, 0.717) is 22.2 Å². The molecule has 1 aromatic heterocycles. The fourth-order valence-corrected chi connectivity index (χ4v) is 3.64. The Morgan fingerprint density at radius 2 is 2.00 bits per heavy atom. The molecule has 0 aliphatic heterocycles. The van der Waals surface area contributed by atoms with Crippen molar-refractivity contribution in [1.82, 2.24) is 4.57 Å². The third-order valence-corrected chi connectivity index (χ3v) is 5.02. The summed E-state index contributed by atoms with van der Waals surface area (Å²) in [7, 11) is 0. The molecule has 2 aromatic rings. The van der Waals surface area contributed by atoms with Crippen molar-refractivity contribution in [1.29, 1.82) is 5.26 Å². The van der Waals surface area contributed by atoms with Gasteiger partial charge in [0, 0.05) is 18.4 Å². The van der Waals surface area contributed by atoms with Crippen molar-refractivity contribution in [3.63, 3.8) is 0 Å². The van der Waals surface area contributed by atoms with Crippen LogP contribution in [-0.2, 0) is 16.1 Å². The Bertz CT molecular complexity index is 1070. The maximum absolute atomic E-state index is 12.6. The predicted octanol–water partition coefficient (Wildman–Crippen LogP) is 1.34. The van der Waals surface area contributed by atoms with Crippen LogP contribution in [0.5, 0.6) is 5.75 Å². The number of nitriles is 1. The van der Waals surface area contributed by atoms with Crippen molar-refractivity contribution in [2.45, 2.75) is 34.2 Å². The average Bonchev–Trinajstić information content (AvgIpc) is 2.94. The van der Waals surface area contributed by atoms with Gasteiger partial charge >= 0.3 is 5.97 Å². The first-order chi connectivity index (χ1) is 12.8. The van der Waals surface area contributed by atoms with Crippen LogP contribution in [0.3, 0.4) is 0 Å². The fourth-order valence-electron chi connectivity index (χ4n) is 2.56. The molecule has 0 aliphatic rings. The van der Waals surface area contributed by atoms with E-state index in [1.54, 1.807) is 39.8 Å². The van der Waals surface area contributed by atoms with Crippen molar-refractivity contribution >= 4 is 34.8 Å². The van der Waals surface area contributed by atoms with Crippen molar-refractivity contribution in [2.75, 3.05) is 11.9 Å². The summed E-state index contributed by atoms with van der Waals surface area (Å²) in [6.07, 6.45) is 1.54. The molecule has 0 unspecified atom stereocenters. The lowest BCUT2D eigenvalue weighted by Crippen LogP contribution is -2.32. The number of carbonyl (C=O) groups is 1. The number of nitrogens with one attached hydrogen (secondary N) is 1. The summed E-state index contributed by atoms with van der Waals surface area (Å²) >= 11 is 1.05. The Kier molecular flexibility index (Phi) is 6.42. The zero-order valence-corrected chi connectivity index (χ0v) is 16.4. The smallest absolute Gasteiger partial charge is 0.351 e. The molecule has 0 fully saturated rings. The van der Waals surface area contributed by atoms with Crippen molar-refractivity contribution in [3.8, 4) is 11.8 Å². The summed E-state index contributed by atoms with van der Waals surface area (Å²) < 4.78 is 6.91. The molecule has 0 saturated carbocycles. The highest BCUT2D eigenvalue weighted by Gasteiger charge is 2.16. The molecule has 0 saturated heterocycles. The molecule has 0 atom stereocenters. The molecule has 0 spiro atoms. The molecule has 2 rings (SSSR count). The molecule has 2 N–H and O–H groups in total. The fraction of sp³-hybridized carbons (Fsp3) is 0.316. The van der Waals surface area contributed by atoms with Crippen molar-refractivity contribution in [3.05, 3.63) is 42.8 Å². The van der Waals surface area contributed by atoms with E-state index < -0.39 is 5.97 Å². The first kappa shape index (κ1) is 20.3. The zero-order valence-electron chi connectivity index (χ0n) is 15.6. The summed E-state index contributed by atoms with van der Waals surface area (Å²) in [6, 6.07) is 5.37. The van der Waals surface area contributed by atoms with Crippen LogP contribution in [0.1, 0.15) is 25.0 Å². The van der Waals surface area contributed by atoms with Crippen LogP contribution in [0, 0.1) is 25.2 Å². The van der Waals surface area contributed by atoms with Crippen molar-refractivity contribution in [2.24, 2.45) is 0 Å². The van der Waals surface area contributed by atoms with Gasteiger partial charge in [-0.1, -0.05) is 0 Å². The van der Waals surface area contributed by atoms with Crippen LogP contribution < -0.4 is 20.1 Å². The van der Waals surface area contributed by atoms with Crippen LogP contribution in [0.25, 0.3) is 11.8 Å². The topological polar surface area (TPSA) is 104 Å². The molecular weight excluding hydrogens is 366 g/mol. The highest BCUT2D eigenvalue weighted by molar-refractivity contribution is 7.07. The third kappa shape index (κ3) is 4.20. The number of aromatic hydroxyl groups is 1. The Morgan fingerprint density at radius 1 is 1.37 bits per heavy atom. The van der Waals surface area contributed by atoms with Gasteiger partial charge in [0.25, 0.3) is 5.56 Å². The summed E-state index contributed by atoms with van der Waals surface area (Å²) in [5, 5.41) is 22.2. The molecule has 1 heterocycles. The van der Waals surface area contributed by atoms with E-state index in [1.165, 1.54) is 10.8 Å². The van der Waals surface area contributed by atoms with E-state index in [2.05, 4.69) is 5.32 Å². The number of phenols is 1. The number of aromatic nitrogens is 1. The molecule has 27 heavy (non-hydrogen) atoms. The Balaban J connectivity index is 2.59. The summed E-state index contributed by atoms with van der Waals surface area (Å²) in [4.78, 5) is 24.6. The lowest BCUT2D eigenvalue weighted by molar-refractivity contribution is -0.136. The summed E-state index contributed by atoms with van der Waals surface area (Å²) in [5.41, 5.74) is 1.67. The van der Waals surface area contributed by atoms with Crippen LogP contribution in [0.15, 0.2) is 16.9 Å². The van der Waals surface area contributed by atoms with Gasteiger partial charge in [0.2, 0.25) is 0 Å². The van der Waals surface area contributed by atoms with Crippen molar-refractivity contribution < 1.29 is 14.6 Å². The number of carbonyl (C=O) groups excluding carboxylic acids is 1. The lowest BCUT2D eigenvalue weighted by Gasteiger charge is -2.07. The van der Waals surface area contributed by atoms with E-state index in [9.17, 15) is 20.0 Å². The number of anilines is 1. The quantitative estimate of drug-likeness (QED) is 0.593. The molecule has 0 amide bonds. The minimum atomic E-state index is -0.743. The van der Waals surface area contributed by atoms with Crippen LogP contribution in [0.4, 0.5) is 5.69 Å². The normalized spacial score (nSPS) is 12.5. The van der Waals surface area contributed by atoms with Crippen LogP contribution in [0.2, 0.25) is 0 Å². The second-order valence-corrected chi connectivity index (χ2v) is 6.81. The highest BCUT2D eigenvalue weighted by atomic mass is 32.1. The highest BCUT2D eigenvalue weighted by Crippen LogP contribution is 2.25. The molecular formula is C19H21N3O4S. The van der Waals surface area contributed by atoms with Gasteiger partial charge in [0.15, 0.2) is 5.57 Å². The SMILES string of the molecule is CCOC(=O)/C(C#N)=c1/s/c(=C/Nc2cc(C)c(O)c(C)c2)c(=O)n1CC. The Hall–Kier alpha value is -3.05. The minimum Gasteiger partial charge on any atom is -0.507 e. The van der Waals surface area contributed by atoms with Gasteiger partial charge in [-0.05, 0) is 51.0 Å². The number of esters is 1. The van der Waals surface area contributed by atoms with Gasteiger partial charge in [0.05, 0.1) is 6.61 Å². The molecule has 8 heteroatoms. The Labute approximate surface area is 160 Å². The number of ether oxygens (including phenoxy) is 1. The van der Waals surface area contributed by atoms with Gasteiger partial charge in [-0.25, -0.2) is 4.79 Å². The van der Waals surface area contributed by atoms with Gasteiger partial charge in [-0.15, -0.1) is 11.3 Å². The minimum absolute atomic E-state index is 0.145. The number of aryl methyl sites for hydroxylation is 2. The molecule has 7 nitrogen and oxygen atoms in total. The number of nitrogens with zero attached hydrogens (tertiary/aromatic N) is 2. The number of hydrogen-bond acceptors (Lipinski definition) is 7. The molecule has 142 valence electrons. The van der Waals surface area contributed by atoms with Crippen LogP contribution >= 0.6 is 11.3 Å². The first-order valence-corrected chi connectivity index (χ1v) is 9.23. The largest absolute Gasteiger partial charge is 0.507 e. The van der Waals surface area contributed by atoms with E-state index in [4.69, 9.17) is 4.74 Å². The lowest BCUT2D eigenvalue weighted by atomic mass is 10.1. The number of rotatable bonds is 5. The maximum atomic E-state index is 12.6. The molecule has 1 aromatic carbocycles. The zero-order chi connectivity index (χ0) is 20.1. The predicted molar refractivity (Wildman–Crippen MR) is 105 cm³/mol. The third-order valence-electron chi connectivity index (χ3n) is 3.89. The maximum Gasteiger partial charge on any atom is 0.351 e. The molecule has 0 aliphatic carbocycles. The summed E-state index contributed by atoms with van der Waals surface area (Å²) in [5.74, 6) is -0.511. The number of thiazole rings is 1. The van der Waals surface area contributed by atoms with E-state index in [1.807, 2.05) is 6.07 Å². The standard InChI is InChI=1S/C19H21N3O4S/c1-5-22-17(24)15(27-18(22)14(9-20)19(25)26-6-2)10-21-13-7-11(3)16(23)12(4)8-13/h7-8,10,21,23H,5-6H2,1-4H3/b15-10+,18-14+. The van der Waals surface area contributed by atoms with E-state index in [-0.39, 0.29) is 28.2 Å². The monoisotopic (exact) mass is 387 g/mol. The number of hydrogen-bond donors (Lipinski definition) is 2.